The average Bonchev–Trinajstić information content (AvgIpc) is 2.45. The molecule has 0 saturated carbocycles. The van der Waals surface area contributed by atoms with Gasteiger partial charge in [0, 0.05) is 5.69 Å². The second-order valence-electron chi connectivity index (χ2n) is 5.51. The van der Waals surface area contributed by atoms with Crippen LogP contribution in [0.4, 0.5) is 0 Å². The van der Waals surface area contributed by atoms with Crippen LogP contribution in [0.3, 0.4) is 0 Å². The smallest absolute Gasteiger partial charge is 0.356 e. The van der Waals surface area contributed by atoms with Crippen LogP contribution in [0.25, 0.3) is 0 Å². The molecule has 90 valence electrons. The van der Waals surface area contributed by atoms with Crippen LogP contribution >= 0.6 is 0 Å². The minimum absolute atomic E-state index is 0.130. The van der Waals surface area contributed by atoms with Crippen LogP contribution in [0, 0.1) is 5.92 Å². The maximum atomic E-state index is 10.9. The fourth-order valence-electron chi connectivity index (χ4n) is 1.67. The molecule has 1 N–H and O–H groups in total. The molecular formula is C12H20N2O2. The SMILES string of the molecule is CC(C)Cc1cc(C(=O)O)nn1C(C)(C)C. The first kappa shape index (κ1) is 12.7. The molecular weight excluding hydrogens is 204 g/mol. The standard InChI is InChI=1S/C12H20N2O2/c1-8(2)6-9-7-10(11(15)16)13-14(9)12(3,4)5/h7-8H,6H2,1-5H3,(H,15,16). The fourth-order valence-corrected chi connectivity index (χ4v) is 1.67. The van der Waals surface area contributed by atoms with Crippen molar-refractivity contribution in [1.82, 2.24) is 9.78 Å². The summed E-state index contributed by atoms with van der Waals surface area (Å²) in [6.45, 7) is 10.3. The van der Waals surface area contributed by atoms with E-state index in [9.17, 15) is 4.79 Å². The Morgan fingerprint density at radius 3 is 2.44 bits per heavy atom. The van der Waals surface area contributed by atoms with Crippen molar-refractivity contribution in [3.05, 3.63) is 17.5 Å². The predicted molar refractivity (Wildman–Crippen MR) is 62.7 cm³/mol. The first-order chi connectivity index (χ1) is 7.21. The third-order valence-electron chi connectivity index (χ3n) is 2.26. The van der Waals surface area contributed by atoms with Crippen LogP contribution in [0.15, 0.2) is 6.07 Å². The van der Waals surface area contributed by atoms with E-state index in [1.165, 1.54) is 0 Å². The van der Waals surface area contributed by atoms with Gasteiger partial charge in [-0.05, 0) is 39.2 Å². The molecule has 0 atom stereocenters. The van der Waals surface area contributed by atoms with Gasteiger partial charge in [0.1, 0.15) is 0 Å². The lowest BCUT2D eigenvalue weighted by atomic mass is 10.0. The molecule has 0 aliphatic rings. The van der Waals surface area contributed by atoms with Crippen molar-refractivity contribution < 1.29 is 9.90 Å². The van der Waals surface area contributed by atoms with E-state index in [2.05, 4.69) is 18.9 Å². The van der Waals surface area contributed by atoms with E-state index in [4.69, 9.17) is 5.11 Å². The molecule has 4 nitrogen and oxygen atoms in total. The van der Waals surface area contributed by atoms with E-state index in [0.29, 0.717) is 5.92 Å². The summed E-state index contributed by atoms with van der Waals surface area (Å²) in [5, 5.41) is 13.1. The summed E-state index contributed by atoms with van der Waals surface area (Å²) in [6, 6.07) is 1.67. The molecule has 0 saturated heterocycles. The van der Waals surface area contributed by atoms with Gasteiger partial charge in [-0.2, -0.15) is 5.10 Å². The molecule has 0 unspecified atom stereocenters. The summed E-state index contributed by atoms with van der Waals surface area (Å²) >= 11 is 0. The van der Waals surface area contributed by atoms with Crippen molar-refractivity contribution in [2.75, 3.05) is 0 Å². The van der Waals surface area contributed by atoms with E-state index in [0.717, 1.165) is 12.1 Å². The average molecular weight is 224 g/mol. The van der Waals surface area contributed by atoms with Gasteiger partial charge in [-0.1, -0.05) is 13.8 Å². The Balaban J connectivity index is 3.18. The van der Waals surface area contributed by atoms with Crippen molar-refractivity contribution in [1.29, 1.82) is 0 Å². The lowest BCUT2D eigenvalue weighted by Gasteiger charge is -2.23. The van der Waals surface area contributed by atoms with Crippen molar-refractivity contribution in [3.63, 3.8) is 0 Å². The normalized spacial score (nSPS) is 12.1. The highest BCUT2D eigenvalue weighted by atomic mass is 16.4. The second kappa shape index (κ2) is 4.28. The van der Waals surface area contributed by atoms with Gasteiger partial charge in [-0.15, -0.1) is 0 Å². The summed E-state index contributed by atoms with van der Waals surface area (Å²) in [7, 11) is 0. The predicted octanol–water partition coefficient (Wildman–Crippen LogP) is 2.53. The van der Waals surface area contributed by atoms with Crippen molar-refractivity contribution >= 4 is 5.97 Å². The van der Waals surface area contributed by atoms with Crippen LogP contribution in [-0.2, 0) is 12.0 Å². The fraction of sp³-hybridized carbons (Fsp3) is 0.667. The summed E-state index contributed by atoms with van der Waals surface area (Å²) in [6.07, 6.45) is 0.845. The van der Waals surface area contributed by atoms with E-state index < -0.39 is 5.97 Å². The number of aromatic nitrogens is 2. The molecule has 0 aliphatic carbocycles. The largest absolute Gasteiger partial charge is 0.476 e. The second-order valence-corrected chi connectivity index (χ2v) is 5.51. The highest BCUT2D eigenvalue weighted by Crippen LogP contribution is 2.20. The number of carbonyl (C=O) groups is 1. The van der Waals surface area contributed by atoms with Gasteiger partial charge in [-0.3, -0.25) is 4.68 Å². The zero-order valence-electron chi connectivity index (χ0n) is 10.6. The number of rotatable bonds is 3. The summed E-state index contributed by atoms with van der Waals surface area (Å²) in [5.74, 6) is -0.479. The molecule has 0 fully saturated rings. The first-order valence-electron chi connectivity index (χ1n) is 5.54. The molecule has 1 aromatic heterocycles. The number of nitrogens with zero attached hydrogens (tertiary/aromatic N) is 2. The maximum absolute atomic E-state index is 10.9. The van der Waals surface area contributed by atoms with E-state index in [1.54, 1.807) is 6.07 Å². The van der Waals surface area contributed by atoms with Gasteiger partial charge >= 0.3 is 5.97 Å². The Hall–Kier alpha value is -1.32. The third-order valence-corrected chi connectivity index (χ3v) is 2.26. The monoisotopic (exact) mass is 224 g/mol. The number of carboxylic acid groups (broad SMARTS) is 1. The molecule has 0 aromatic carbocycles. The molecule has 16 heavy (non-hydrogen) atoms. The number of carboxylic acids is 1. The summed E-state index contributed by atoms with van der Waals surface area (Å²) in [4.78, 5) is 10.9. The minimum Gasteiger partial charge on any atom is -0.476 e. The molecule has 0 radical (unpaired) electrons. The van der Waals surface area contributed by atoms with Gasteiger partial charge in [0.15, 0.2) is 5.69 Å². The topological polar surface area (TPSA) is 55.1 Å². The molecule has 1 aromatic rings. The molecule has 1 heterocycles. The van der Waals surface area contributed by atoms with Crippen LogP contribution in [0.5, 0.6) is 0 Å². The van der Waals surface area contributed by atoms with Crippen LogP contribution in [-0.4, -0.2) is 20.9 Å². The minimum atomic E-state index is -0.965. The molecule has 1 rings (SSSR count). The summed E-state index contributed by atoms with van der Waals surface area (Å²) < 4.78 is 1.82. The van der Waals surface area contributed by atoms with Crippen LogP contribution in [0.2, 0.25) is 0 Å². The van der Waals surface area contributed by atoms with Gasteiger partial charge in [0.2, 0.25) is 0 Å². The Morgan fingerprint density at radius 1 is 1.50 bits per heavy atom. The van der Waals surface area contributed by atoms with Crippen molar-refractivity contribution in [2.24, 2.45) is 5.92 Å². The molecule has 0 amide bonds. The first-order valence-corrected chi connectivity index (χ1v) is 5.54. The number of hydrogen-bond donors (Lipinski definition) is 1. The van der Waals surface area contributed by atoms with Gasteiger partial charge in [0.25, 0.3) is 0 Å². The third kappa shape index (κ3) is 2.84. The molecule has 4 heteroatoms. The molecule has 0 bridgehead atoms. The van der Waals surface area contributed by atoms with Crippen molar-refractivity contribution in [2.45, 2.75) is 46.6 Å². The Kier molecular flexibility index (Phi) is 3.41. The maximum Gasteiger partial charge on any atom is 0.356 e. The van der Waals surface area contributed by atoms with Crippen molar-refractivity contribution in [3.8, 4) is 0 Å². The quantitative estimate of drug-likeness (QED) is 0.858. The van der Waals surface area contributed by atoms with E-state index in [-0.39, 0.29) is 11.2 Å². The Morgan fingerprint density at radius 2 is 2.06 bits per heavy atom. The zero-order valence-corrected chi connectivity index (χ0v) is 10.6. The molecule has 0 spiro atoms. The summed E-state index contributed by atoms with van der Waals surface area (Å²) in [5.41, 5.74) is 0.934. The zero-order chi connectivity index (χ0) is 12.5. The Bertz CT molecular complexity index is 386. The highest BCUT2D eigenvalue weighted by molar-refractivity contribution is 5.85. The van der Waals surface area contributed by atoms with Crippen LogP contribution < -0.4 is 0 Å². The van der Waals surface area contributed by atoms with Gasteiger partial charge in [0.05, 0.1) is 5.54 Å². The lowest BCUT2D eigenvalue weighted by molar-refractivity contribution is 0.0688. The lowest BCUT2D eigenvalue weighted by Crippen LogP contribution is -2.26. The van der Waals surface area contributed by atoms with Gasteiger partial charge in [-0.25, -0.2) is 4.79 Å². The van der Waals surface area contributed by atoms with Crippen LogP contribution in [0.1, 0.15) is 50.8 Å². The number of aromatic carboxylic acids is 1. The Labute approximate surface area is 96.3 Å². The number of hydrogen-bond acceptors (Lipinski definition) is 2. The van der Waals surface area contributed by atoms with E-state index >= 15 is 0 Å². The van der Waals surface area contributed by atoms with E-state index in [1.807, 2.05) is 25.5 Å². The van der Waals surface area contributed by atoms with Gasteiger partial charge < -0.3 is 5.11 Å². The molecule has 0 aliphatic heterocycles. The highest BCUT2D eigenvalue weighted by Gasteiger charge is 2.22.